The Hall–Kier alpha value is -1.49. The Balaban J connectivity index is 2.50. The van der Waals surface area contributed by atoms with Gasteiger partial charge in [-0.15, -0.1) is 0 Å². The molecule has 0 amide bonds. The molecule has 4 nitrogen and oxygen atoms in total. The lowest BCUT2D eigenvalue weighted by Crippen LogP contribution is -2.04. The number of aromatic nitrogens is 1. The van der Waals surface area contributed by atoms with E-state index in [1.807, 2.05) is 12.1 Å². The minimum absolute atomic E-state index is 0.352. The zero-order valence-corrected chi connectivity index (χ0v) is 11.1. The van der Waals surface area contributed by atoms with Crippen LogP contribution in [0.5, 0.6) is 5.75 Å². The molecule has 1 N–H and O–H groups in total. The minimum atomic E-state index is -0.352. The van der Waals surface area contributed by atoms with Crippen LogP contribution in [0, 0.1) is 0 Å². The summed E-state index contributed by atoms with van der Waals surface area (Å²) in [7, 11) is 1.60. The van der Waals surface area contributed by atoms with Crippen LogP contribution in [-0.4, -0.2) is 24.7 Å². The maximum absolute atomic E-state index is 11.6. The van der Waals surface area contributed by atoms with Crippen LogP contribution in [0.4, 0.5) is 0 Å². The van der Waals surface area contributed by atoms with E-state index in [0.29, 0.717) is 12.3 Å². The van der Waals surface area contributed by atoms with E-state index in [9.17, 15) is 4.79 Å². The predicted molar refractivity (Wildman–Crippen MR) is 68.5 cm³/mol. The zero-order valence-electron chi connectivity index (χ0n) is 9.54. The quantitative estimate of drug-likeness (QED) is 0.886. The van der Waals surface area contributed by atoms with Crippen LogP contribution >= 0.6 is 15.9 Å². The van der Waals surface area contributed by atoms with E-state index in [0.717, 1.165) is 21.1 Å². The summed E-state index contributed by atoms with van der Waals surface area (Å²) in [5, 5.41) is 0.896. The van der Waals surface area contributed by atoms with E-state index in [-0.39, 0.29) is 5.97 Å². The van der Waals surface area contributed by atoms with Crippen LogP contribution in [0.3, 0.4) is 0 Å². The van der Waals surface area contributed by atoms with Gasteiger partial charge in [0.1, 0.15) is 11.4 Å². The predicted octanol–water partition coefficient (Wildman–Crippen LogP) is 3.12. The van der Waals surface area contributed by atoms with Crippen molar-refractivity contribution < 1.29 is 14.3 Å². The van der Waals surface area contributed by atoms with Gasteiger partial charge >= 0.3 is 5.97 Å². The highest BCUT2D eigenvalue weighted by atomic mass is 79.9. The van der Waals surface area contributed by atoms with Crippen LogP contribution in [0.2, 0.25) is 0 Å². The lowest BCUT2D eigenvalue weighted by Gasteiger charge is -2.02. The number of hydrogen-bond donors (Lipinski definition) is 1. The van der Waals surface area contributed by atoms with E-state index in [1.54, 1.807) is 20.1 Å². The first-order valence-corrected chi connectivity index (χ1v) is 5.99. The lowest BCUT2D eigenvalue weighted by molar-refractivity contribution is 0.0520. The SMILES string of the molecule is CCOC(=O)c1cc2c(Br)c(OC)ccc2[nH]1. The highest BCUT2D eigenvalue weighted by Crippen LogP contribution is 2.33. The number of benzene rings is 1. The van der Waals surface area contributed by atoms with Crippen LogP contribution in [0.1, 0.15) is 17.4 Å². The second-order valence-electron chi connectivity index (χ2n) is 3.45. The van der Waals surface area contributed by atoms with Crippen molar-refractivity contribution in [2.45, 2.75) is 6.92 Å². The van der Waals surface area contributed by atoms with E-state index in [4.69, 9.17) is 9.47 Å². The van der Waals surface area contributed by atoms with Crippen LogP contribution in [0.25, 0.3) is 10.9 Å². The molecule has 17 heavy (non-hydrogen) atoms. The van der Waals surface area contributed by atoms with E-state index >= 15 is 0 Å². The molecule has 0 spiro atoms. The Morgan fingerprint density at radius 3 is 2.88 bits per heavy atom. The molecule has 1 aromatic carbocycles. The number of methoxy groups -OCH3 is 1. The molecule has 0 saturated heterocycles. The second kappa shape index (κ2) is 4.79. The molecule has 90 valence electrons. The van der Waals surface area contributed by atoms with Gasteiger partial charge < -0.3 is 14.5 Å². The van der Waals surface area contributed by atoms with Crippen molar-refractivity contribution in [1.29, 1.82) is 0 Å². The van der Waals surface area contributed by atoms with Crippen LogP contribution in [-0.2, 0) is 4.74 Å². The molecule has 0 atom stereocenters. The first kappa shape index (κ1) is 12.0. The third-order valence-corrected chi connectivity index (χ3v) is 3.24. The van der Waals surface area contributed by atoms with Gasteiger partial charge in [0, 0.05) is 10.9 Å². The van der Waals surface area contributed by atoms with E-state index in [1.165, 1.54) is 0 Å². The molecular formula is C12H12BrNO3. The summed E-state index contributed by atoms with van der Waals surface area (Å²) >= 11 is 3.45. The summed E-state index contributed by atoms with van der Waals surface area (Å²) in [6.45, 7) is 2.14. The molecule has 0 saturated carbocycles. The van der Waals surface area contributed by atoms with Crippen LogP contribution < -0.4 is 4.74 Å². The molecule has 0 aliphatic carbocycles. The molecule has 0 bridgehead atoms. The van der Waals surface area contributed by atoms with Gasteiger partial charge in [-0.25, -0.2) is 4.79 Å². The summed E-state index contributed by atoms with van der Waals surface area (Å²) < 4.78 is 11.0. The molecule has 0 radical (unpaired) electrons. The molecule has 2 aromatic rings. The Morgan fingerprint density at radius 2 is 2.24 bits per heavy atom. The van der Waals surface area contributed by atoms with Gasteiger partial charge in [-0.05, 0) is 41.1 Å². The number of esters is 1. The fourth-order valence-corrected chi connectivity index (χ4v) is 2.25. The van der Waals surface area contributed by atoms with Crippen molar-refractivity contribution in [3.05, 3.63) is 28.4 Å². The standard InChI is InChI=1S/C12H12BrNO3/c1-3-17-12(15)9-6-7-8(14-9)4-5-10(16-2)11(7)13/h4-6,14H,3H2,1-2H3. The minimum Gasteiger partial charge on any atom is -0.496 e. The number of carbonyl (C=O) groups excluding carboxylic acids is 1. The third-order valence-electron chi connectivity index (χ3n) is 2.42. The maximum atomic E-state index is 11.6. The maximum Gasteiger partial charge on any atom is 0.354 e. The van der Waals surface area contributed by atoms with Gasteiger partial charge in [0.15, 0.2) is 0 Å². The highest BCUT2D eigenvalue weighted by molar-refractivity contribution is 9.10. The average molecular weight is 298 g/mol. The number of H-pyrrole nitrogens is 1. The smallest absolute Gasteiger partial charge is 0.354 e. The first-order chi connectivity index (χ1) is 8.17. The Kier molecular flexibility index (Phi) is 3.38. The van der Waals surface area contributed by atoms with Crippen LogP contribution in [0.15, 0.2) is 22.7 Å². The van der Waals surface area contributed by atoms with Crippen molar-refractivity contribution in [3.8, 4) is 5.75 Å². The number of halogens is 1. The van der Waals surface area contributed by atoms with Gasteiger partial charge in [-0.2, -0.15) is 0 Å². The van der Waals surface area contributed by atoms with Gasteiger partial charge in [-0.1, -0.05) is 0 Å². The summed E-state index contributed by atoms with van der Waals surface area (Å²) in [6.07, 6.45) is 0. The number of rotatable bonds is 3. The molecule has 0 fully saturated rings. The van der Waals surface area contributed by atoms with E-state index < -0.39 is 0 Å². The van der Waals surface area contributed by atoms with Crippen molar-refractivity contribution in [2.75, 3.05) is 13.7 Å². The van der Waals surface area contributed by atoms with Gasteiger partial charge in [-0.3, -0.25) is 0 Å². The summed E-state index contributed by atoms with van der Waals surface area (Å²) in [5.74, 6) is 0.376. The molecule has 5 heteroatoms. The van der Waals surface area contributed by atoms with Crippen molar-refractivity contribution in [1.82, 2.24) is 4.98 Å². The molecule has 1 aromatic heterocycles. The van der Waals surface area contributed by atoms with E-state index in [2.05, 4.69) is 20.9 Å². The molecule has 2 rings (SSSR count). The molecule has 1 heterocycles. The average Bonchev–Trinajstić information content (AvgIpc) is 2.75. The third kappa shape index (κ3) is 2.15. The number of hydrogen-bond acceptors (Lipinski definition) is 3. The Morgan fingerprint density at radius 1 is 1.47 bits per heavy atom. The van der Waals surface area contributed by atoms with Crippen molar-refractivity contribution >= 4 is 32.8 Å². The normalized spacial score (nSPS) is 10.5. The first-order valence-electron chi connectivity index (χ1n) is 5.19. The fraction of sp³-hybridized carbons (Fsp3) is 0.250. The zero-order chi connectivity index (χ0) is 12.4. The number of fused-ring (bicyclic) bond motifs is 1. The molecule has 0 unspecified atom stereocenters. The second-order valence-corrected chi connectivity index (χ2v) is 4.24. The lowest BCUT2D eigenvalue weighted by atomic mass is 10.2. The largest absolute Gasteiger partial charge is 0.496 e. The van der Waals surface area contributed by atoms with Gasteiger partial charge in [0.2, 0.25) is 0 Å². The van der Waals surface area contributed by atoms with Gasteiger partial charge in [0.05, 0.1) is 18.2 Å². The summed E-state index contributed by atoms with van der Waals surface area (Å²) in [5.41, 5.74) is 1.30. The number of ether oxygens (including phenoxy) is 2. The van der Waals surface area contributed by atoms with Crippen molar-refractivity contribution in [2.24, 2.45) is 0 Å². The molecular weight excluding hydrogens is 286 g/mol. The van der Waals surface area contributed by atoms with Crippen molar-refractivity contribution in [3.63, 3.8) is 0 Å². The number of nitrogens with one attached hydrogen (secondary N) is 1. The number of carbonyl (C=O) groups is 1. The molecule has 0 aliphatic heterocycles. The monoisotopic (exact) mass is 297 g/mol. The van der Waals surface area contributed by atoms with Gasteiger partial charge in [0.25, 0.3) is 0 Å². The topological polar surface area (TPSA) is 51.3 Å². The Labute approximate surface area is 107 Å². The highest BCUT2D eigenvalue weighted by Gasteiger charge is 2.13. The Bertz CT molecular complexity index is 562. The number of aromatic amines is 1. The molecule has 0 aliphatic rings. The summed E-state index contributed by atoms with van der Waals surface area (Å²) in [4.78, 5) is 14.6. The summed E-state index contributed by atoms with van der Waals surface area (Å²) in [6, 6.07) is 5.44. The fourth-order valence-electron chi connectivity index (χ4n) is 1.62.